The Morgan fingerprint density at radius 1 is 1.24 bits per heavy atom. The SMILES string of the molecule is CC(CC(=O)O)c1ccc(Oc2ccc(Cl)cc2)cc1F. The number of hydrogen-bond donors (Lipinski definition) is 1. The standard InChI is InChI=1S/C16H14ClFO3/c1-10(8-16(19)20)14-7-6-13(9-15(14)18)21-12-4-2-11(17)3-5-12/h2-7,9-10H,8H2,1H3,(H,19,20). The Balaban J connectivity index is 2.15. The van der Waals surface area contributed by atoms with Gasteiger partial charge in [0, 0.05) is 11.1 Å². The third-order valence-electron chi connectivity index (χ3n) is 3.03. The fourth-order valence-corrected chi connectivity index (χ4v) is 2.11. The van der Waals surface area contributed by atoms with Crippen molar-refractivity contribution in [1.82, 2.24) is 0 Å². The molecule has 0 bridgehead atoms. The summed E-state index contributed by atoms with van der Waals surface area (Å²) >= 11 is 5.77. The molecule has 2 rings (SSSR count). The summed E-state index contributed by atoms with van der Waals surface area (Å²) in [4.78, 5) is 10.7. The van der Waals surface area contributed by atoms with E-state index in [9.17, 15) is 9.18 Å². The molecule has 0 amide bonds. The highest BCUT2D eigenvalue weighted by Crippen LogP contribution is 2.28. The minimum Gasteiger partial charge on any atom is -0.481 e. The van der Waals surface area contributed by atoms with E-state index in [-0.39, 0.29) is 6.42 Å². The van der Waals surface area contributed by atoms with Crippen molar-refractivity contribution in [3.8, 4) is 11.5 Å². The average molecular weight is 309 g/mol. The van der Waals surface area contributed by atoms with Gasteiger partial charge in [0.25, 0.3) is 0 Å². The van der Waals surface area contributed by atoms with Crippen LogP contribution in [-0.2, 0) is 4.79 Å². The van der Waals surface area contributed by atoms with Crippen LogP contribution < -0.4 is 4.74 Å². The van der Waals surface area contributed by atoms with Gasteiger partial charge in [-0.3, -0.25) is 4.79 Å². The number of carboxylic acid groups (broad SMARTS) is 1. The summed E-state index contributed by atoms with van der Waals surface area (Å²) in [7, 11) is 0. The van der Waals surface area contributed by atoms with Crippen LogP contribution >= 0.6 is 11.6 Å². The zero-order chi connectivity index (χ0) is 15.4. The van der Waals surface area contributed by atoms with Crippen molar-refractivity contribution in [2.45, 2.75) is 19.3 Å². The van der Waals surface area contributed by atoms with Gasteiger partial charge in [0.05, 0.1) is 6.42 Å². The minimum absolute atomic E-state index is 0.117. The molecule has 3 nitrogen and oxygen atoms in total. The second-order valence-electron chi connectivity index (χ2n) is 4.74. The molecule has 2 aromatic carbocycles. The number of aliphatic carboxylic acids is 1. The molecule has 1 N–H and O–H groups in total. The molecule has 21 heavy (non-hydrogen) atoms. The molecular formula is C16H14ClFO3. The number of rotatable bonds is 5. The second-order valence-corrected chi connectivity index (χ2v) is 5.17. The maximum Gasteiger partial charge on any atom is 0.303 e. The summed E-state index contributed by atoms with van der Waals surface area (Å²) in [6.07, 6.45) is -0.117. The minimum atomic E-state index is -0.955. The molecule has 110 valence electrons. The maximum absolute atomic E-state index is 14.0. The quantitative estimate of drug-likeness (QED) is 0.859. The van der Waals surface area contributed by atoms with Gasteiger partial charge in [0.15, 0.2) is 0 Å². The van der Waals surface area contributed by atoms with Gasteiger partial charge in [0.2, 0.25) is 0 Å². The van der Waals surface area contributed by atoms with Gasteiger partial charge in [-0.1, -0.05) is 24.6 Å². The lowest BCUT2D eigenvalue weighted by atomic mass is 9.97. The van der Waals surface area contributed by atoms with E-state index in [1.807, 2.05) is 0 Å². The lowest BCUT2D eigenvalue weighted by Gasteiger charge is -2.12. The maximum atomic E-state index is 14.0. The first-order valence-electron chi connectivity index (χ1n) is 6.40. The summed E-state index contributed by atoms with van der Waals surface area (Å²) in [6.45, 7) is 1.67. The van der Waals surface area contributed by atoms with Crippen LogP contribution in [0.4, 0.5) is 4.39 Å². The predicted octanol–water partition coefficient (Wildman–Crippen LogP) is 4.85. The van der Waals surface area contributed by atoms with Crippen LogP contribution in [0.25, 0.3) is 0 Å². The van der Waals surface area contributed by atoms with Gasteiger partial charge in [-0.15, -0.1) is 0 Å². The number of benzene rings is 2. The first-order chi connectivity index (χ1) is 9.95. The van der Waals surface area contributed by atoms with Crippen molar-refractivity contribution >= 4 is 17.6 Å². The van der Waals surface area contributed by atoms with Crippen molar-refractivity contribution in [2.24, 2.45) is 0 Å². The fraction of sp³-hybridized carbons (Fsp3) is 0.188. The van der Waals surface area contributed by atoms with Crippen molar-refractivity contribution in [1.29, 1.82) is 0 Å². The Kier molecular flexibility index (Phi) is 4.81. The fourth-order valence-electron chi connectivity index (χ4n) is 1.98. The van der Waals surface area contributed by atoms with Crippen molar-refractivity contribution < 1.29 is 19.0 Å². The molecule has 1 atom stereocenters. The first kappa shape index (κ1) is 15.3. The summed E-state index contributed by atoms with van der Waals surface area (Å²) in [6, 6.07) is 11.1. The Hall–Kier alpha value is -2.07. The molecule has 1 unspecified atom stereocenters. The van der Waals surface area contributed by atoms with E-state index in [0.29, 0.717) is 22.1 Å². The van der Waals surface area contributed by atoms with Crippen molar-refractivity contribution in [2.75, 3.05) is 0 Å². The summed E-state index contributed by atoms with van der Waals surface area (Å²) in [5.74, 6) is -0.933. The predicted molar refractivity (Wildman–Crippen MR) is 78.6 cm³/mol. The summed E-state index contributed by atoms with van der Waals surface area (Å²) in [5.41, 5.74) is 0.362. The molecule has 0 saturated heterocycles. The number of carboxylic acids is 1. The van der Waals surface area contributed by atoms with Gasteiger partial charge in [-0.25, -0.2) is 4.39 Å². The molecule has 0 heterocycles. The Morgan fingerprint density at radius 2 is 1.86 bits per heavy atom. The van der Waals surface area contributed by atoms with Gasteiger partial charge in [-0.05, 0) is 41.8 Å². The Morgan fingerprint density at radius 3 is 2.43 bits per heavy atom. The Bertz CT molecular complexity index is 640. The lowest BCUT2D eigenvalue weighted by Crippen LogP contribution is -2.04. The smallest absolute Gasteiger partial charge is 0.303 e. The highest BCUT2D eigenvalue weighted by atomic mass is 35.5. The molecule has 0 aromatic heterocycles. The van der Waals surface area contributed by atoms with E-state index in [2.05, 4.69) is 0 Å². The monoisotopic (exact) mass is 308 g/mol. The van der Waals surface area contributed by atoms with Crippen LogP contribution in [0, 0.1) is 5.82 Å². The first-order valence-corrected chi connectivity index (χ1v) is 6.78. The van der Waals surface area contributed by atoms with E-state index in [1.165, 1.54) is 6.07 Å². The third kappa shape index (κ3) is 4.20. The number of hydrogen-bond acceptors (Lipinski definition) is 2. The normalized spacial score (nSPS) is 12.0. The van der Waals surface area contributed by atoms with Crippen LogP contribution in [0.3, 0.4) is 0 Å². The van der Waals surface area contributed by atoms with Crippen LogP contribution in [0.2, 0.25) is 5.02 Å². The zero-order valence-corrected chi connectivity index (χ0v) is 12.1. The van der Waals surface area contributed by atoms with E-state index >= 15 is 0 Å². The molecule has 0 fully saturated rings. The van der Waals surface area contributed by atoms with Crippen LogP contribution in [0.1, 0.15) is 24.8 Å². The second kappa shape index (κ2) is 6.59. The van der Waals surface area contributed by atoms with E-state index in [0.717, 1.165) is 0 Å². The molecule has 5 heteroatoms. The zero-order valence-electron chi connectivity index (χ0n) is 11.3. The average Bonchev–Trinajstić information content (AvgIpc) is 2.40. The van der Waals surface area contributed by atoms with Gasteiger partial charge in [0.1, 0.15) is 17.3 Å². The van der Waals surface area contributed by atoms with Gasteiger partial charge >= 0.3 is 5.97 Å². The van der Waals surface area contributed by atoms with E-state index < -0.39 is 17.7 Å². The van der Waals surface area contributed by atoms with Crippen molar-refractivity contribution in [3.63, 3.8) is 0 Å². The molecule has 0 aliphatic heterocycles. The number of carbonyl (C=O) groups is 1. The van der Waals surface area contributed by atoms with Gasteiger partial charge in [-0.2, -0.15) is 0 Å². The molecule has 0 radical (unpaired) electrons. The molecule has 0 spiro atoms. The molecule has 0 saturated carbocycles. The third-order valence-corrected chi connectivity index (χ3v) is 3.28. The van der Waals surface area contributed by atoms with E-state index in [1.54, 1.807) is 43.3 Å². The highest BCUT2D eigenvalue weighted by molar-refractivity contribution is 6.30. The summed E-state index contributed by atoms with van der Waals surface area (Å²) < 4.78 is 19.5. The summed E-state index contributed by atoms with van der Waals surface area (Å²) in [5, 5.41) is 9.34. The van der Waals surface area contributed by atoms with Crippen molar-refractivity contribution in [3.05, 3.63) is 58.9 Å². The number of halogens is 2. The molecule has 0 aliphatic carbocycles. The van der Waals surface area contributed by atoms with Crippen LogP contribution in [0.5, 0.6) is 11.5 Å². The molecule has 0 aliphatic rings. The van der Waals surface area contributed by atoms with Crippen LogP contribution in [-0.4, -0.2) is 11.1 Å². The molecular weight excluding hydrogens is 295 g/mol. The largest absolute Gasteiger partial charge is 0.481 e. The number of ether oxygens (including phenoxy) is 1. The highest BCUT2D eigenvalue weighted by Gasteiger charge is 2.15. The Labute approximate surface area is 126 Å². The lowest BCUT2D eigenvalue weighted by molar-refractivity contribution is -0.137. The molecule has 2 aromatic rings. The van der Waals surface area contributed by atoms with Crippen LogP contribution in [0.15, 0.2) is 42.5 Å². The van der Waals surface area contributed by atoms with Gasteiger partial charge < -0.3 is 9.84 Å². The topological polar surface area (TPSA) is 46.5 Å². The van der Waals surface area contributed by atoms with E-state index in [4.69, 9.17) is 21.4 Å².